The molecule has 2 aromatic rings. The summed E-state index contributed by atoms with van der Waals surface area (Å²) in [4.78, 5) is 28.4. The standard InChI is InChI=1S/C11H10N4O4/c16-10-7(2-1-3-8(10)15(18)19)11(17)14-6-9-12-4-5-13-9/h1-5,16H,6H2,(H,12,13)(H,14,17). The number of phenols is 1. The lowest BCUT2D eigenvalue weighted by Gasteiger charge is -2.05. The fourth-order valence-electron chi connectivity index (χ4n) is 1.52. The summed E-state index contributed by atoms with van der Waals surface area (Å²) in [6.45, 7) is 0.133. The van der Waals surface area contributed by atoms with Crippen LogP contribution in [0, 0.1) is 10.1 Å². The molecule has 8 nitrogen and oxygen atoms in total. The van der Waals surface area contributed by atoms with Crippen LogP contribution in [0.1, 0.15) is 16.2 Å². The second-order valence-electron chi connectivity index (χ2n) is 3.65. The van der Waals surface area contributed by atoms with Crippen molar-refractivity contribution in [3.63, 3.8) is 0 Å². The van der Waals surface area contributed by atoms with Gasteiger partial charge >= 0.3 is 5.69 Å². The Labute approximate surface area is 107 Å². The van der Waals surface area contributed by atoms with E-state index in [4.69, 9.17) is 0 Å². The largest absolute Gasteiger partial charge is 0.502 e. The molecule has 0 unspecified atom stereocenters. The van der Waals surface area contributed by atoms with Crippen molar-refractivity contribution in [3.05, 3.63) is 52.1 Å². The molecule has 0 aliphatic rings. The van der Waals surface area contributed by atoms with Crippen molar-refractivity contribution >= 4 is 11.6 Å². The molecular formula is C11H10N4O4. The molecule has 3 N–H and O–H groups in total. The highest BCUT2D eigenvalue weighted by atomic mass is 16.6. The normalized spacial score (nSPS) is 10.1. The number of aromatic hydroxyl groups is 1. The number of aromatic amines is 1. The Kier molecular flexibility index (Phi) is 3.42. The van der Waals surface area contributed by atoms with Gasteiger partial charge in [-0.15, -0.1) is 0 Å². The third-order valence-corrected chi connectivity index (χ3v) is 2.43. The highest BCUT2D eigenvalue weighted by Gasteiger charge is 2.20. The van der Waals surface area contributed by atoms with Crippen LogP contribution in [0.4, 0.5) is 5.69 Å². The van der Waals surface area contributed by atoms with E-state index in [2.05, 4.69) is 15.3 Å². The summed E-state index contributed by atoms with van der Waals surface area (Å²) in [6.07, 6.45) is 3.14. The molecule has 0 fully saturated rings. The Hall–Kier alpha value is -2.90. The van der Waals surface area contributed by atoms with E-state index < -0.39 is 22.3 Å². The predicted octanol–water partition coefficient (Wildman–Crippen LogP) is 0.953. The molecule has 1 aromatic carbocycles. The fraction of sp³-hybridized carbons (Fsp3) is 0.0909. The molecule has 2 rings (SSSR count). The minimum absolute atomic E-state index is 0.133. The summed E-state index contributed by atoms with van der Waals surface area (Å²) in [7, 11) is 0. The smallest absolute Gasteiger partial charge is 0.311 e. The van der Waals surface area contributed by atoms with Crippen molar-refractivity contribution in [2.24, 2.45) is 0 Å². The van der Waals surface area contributed by atoms with Crippen LogP contribution in [0.3, 0.4) is 0 Å². The maximum absolute atomic E-state index is 11.8. The average Bonchev–Trinajstić information content (AvgIpc) is 2.89. The third-order valence-electron chi connectivity index (χ3n) is 2.43. The summed E-state index contributed by atoms with van der Waals surface area (Å²) >= 11 is 0. The SMILES string of the molecule is O=C(NCc1ncc[nH]1)c1cccc([N+](=O)[O-])c1O. The zero-order chi connectivity index (χ0) is 13.8. The molecule has 0 spiro atoms. The summed E-state index contributed by atoms with van der Waals surface area (Å²) < 4.78 is 0. The first-order valence-electron chi connectivity index (χ1n) is 5.32. The molecule has 1 aromatic heterocycles. The number of H-pyrrole nitrogens is 1. The first-order chi connectivity index (χ1) is 9.09. The van der Waals surface area contributed by atoms with Crippen LogP contribution in [-0.2, 0) is 6.54 Å². The van der Waals surface area contributed by atoms with Gasteiger partial charge in [0.25, 0.3) is 5.91 Å². The highest BCUT2D eigenvalue weighted by Crippen LogP contribution is 2.28. The van der Waals surface area contributed by atoms with E-state index in [0.717, 1.165) is 6.07 Å². The molecule has 0 saturated heterocycles. The molecule has 98 valence electrons. The van der Waals surface area contributed by atoms with E-state index in [1.807, 2.05) is 0 Å². The van der Waals surface area contributed by atoms with Crippen LogP contribution in [0.5, 0.6) is 5.75 Å². The number of carbonyl (C=O) groups excluding carboxylic acids is 1. The average molecular weight is 262 g/mol. The minimum Gasteiger partial charge on any atom is -0.502 e. The van der Waals surface area contributed by atoms with Gasteiger partial charge in [0.2, 0.25) is 5.75 Å². The van der Waals surface area contributed by atoms with E-state index in [0.29, 0.717) is 5.82 Å². The lowest BCUT2D eigenvalue weighted by atomic mass is 10.1. The zero-order valence-electron chi connectivity index (χ0n) is 9.66. The molecule has 0 aliphatic carbocycles. The van der Waals surface area contributed by atoms with Gasteiger partial charge in [-0.05, 0) is 6.07 Å². The van der Waals surface area contributed by atoms with Gasteiger partial charge in [-0.3, -0.25) is 14.9 Å². The number of para-hydroxylation sites is 1. The molecule has 8 heteroatoms. The molecule has 19 heavy (non-hydrogen) atoms. The number of imidazole rings is 1. The van der Waals surface area contributed by atoms with Gasteiger partial charge in [0.05, 0.1) is 17.0 Å². The summed E-state index contributed by atoms with van der Waals surface area (Å²) in [5.74, 6) is -0.722. The second-order valence-corrected chi connectivity index (χ2v) is 3.65. The van der Waals surface area contributed by atoms with Gasteiger partial charge in [0.1, 0.15) is 5.82 Å². The molecule has 1 heterocycles. The van der Waals surface area contributed by atoms with Crippen molar-refractivity contribution in [2.75, 3.05) is 0 Å². The van der Waals surface area contributed by atoms with E-state index in [1.54, 1.807) is 6.20 Å². The van der Waals surface area contributed by atoms with Gasteiger partial charge in [0.15, 0.2) is 0 Å². The maximum Gasteiger partial charge on any atom is 0.311 e. The van der Waals surface area contributed by atoms with Crippen LogP contribution in [-0.4, -0.2) is 25.9 Å². The molecule has 1 amide bonds. The van der Waals surface area contributed by atoms with Crippen LogP contribution in [0.2, 0.25) is 0 Å². The number of rotatable bonds is 4. The molecule has 0 atom stereocenters. The van der Waals surface area contributed by atoms with Crippen molar-refractivity contribution in [3.8, 4) is 5.75 Å². The quantitative estimate of drug-likeness (QED) is 0.559. The topological polar surface area (TPSA) is 121 Å². The Balaban J connectivity index is 2.15. The van der Waals surface area contributed by atoms with Gasteiger partial charge in [-0.1, -0.05) is 6.07 Å². The summed E-state index contributed by atoms with van der Waals surface area (Å²) in [5.41, 5.74) is -0.661. The summed E-state index contributed by atoms with van der Waals surface area (Å²) in [5, 5.41) is 22.8. The maximum atomic E-state index is 11.8. The number of nitro groups is 1. The Morgan fingerprint density at radius 2 is 2.32 bits per heavy atom. The Bertz CT molecular complexity index is 609. The number of hydrogen-bond donors (Lipinski definition) is 3. The number of amides is 1. The lowest BCUT2D eigenvalue weighted by Crippen LogP contribution is -2.23. The number of nitrogens with one attached hydrogen (secondary N) is 2. The molecular weight excluding hydrogens is 252 g/mol. The van der Waals surface area contributed by atoms with Gasteiger partial charge in [-0.25, -0.2) is 4.98 Å². The third kappa shape index (κ3) is 2.68. The Morgan fingerprint density at radius 1 is 1.53 bits per heavy atom. The number of phenolic OH excluding ortho intramolecular Hbond substituents is 1. The predicted molar refractivity (Wildman–Crippen MR) is 64.5 cm³/mol. The van der Waals surface area contributed by atoms with Gasteiger partial charge in [-0.2, -0.15) is 0 Å². The highest BCUT2D eigenvalue weighted by molar-refractivity contribution is 5.97. The number of hydrogen-bond acceptors (Lipinski definition) is 5. The van der Waals surface area contributed by atoms with E-state index in [9.17, 15) is 20.0 Å². The Morgan fingerprint density at radius 3 is 2.95 bits per heavy atom. The molecule has 0 aliphatic heterocycles. The lowest BCUT2D eigenvalue weighted by molar-refractivity contribution is -0.385. The monoisotopic (exact) mass is 262 g/mol. The van der Waals surface area contributed by atoms with E-state index in [-0.39, 0.29) is 12.1 Å². The summed E-state index contributed by atoms with van der Waals surface area (Å²) in [6, 6.07) is 3.76. The number of nitro benzene ring substituents is 1. The van der Waals surface area contributed by atoms with Gasteiger partial charge in [0, 0.05) is 18.5 Å². The number of benzene rings is 1. The van der Waals surface area contributed by atoms with Crippen molar-refractivity contribution in [1.82, 2.24) is 15.3 Å². The number of carbonyl (C=O) groups is 1. The van der Waals surface area contributed by atoms with Crippen molar-refractivity contribution < 1.29 is 14.8 Å². The van der Waals surface area contributed by atoms with Crippen LogP contribution < -0.4 is 5.32 Å². The number of aromatic nitrogens is 2. The van der Waals surface area contributed by atoms with E-state index in [1.165, 1.54) is 18.3 Å². The zero-order valence-corrected chi connectivity index (χ0v) is 9.66. The van der Waals surface area contributed by atoms with Crippen LogP contribution in [0.15, 0.2) is 30.6 Å². The van der Waals surface area contributed by atoms with Gasteiger partial charge < -0.3 is 15.4 Å². The van der Waals surface area contributed by atoms with Crippen LogP contribution >= 0.6 is 0 Å². The minimum atomic E-state index is -0.751. The van der Waals surface area contributed by atoms with Crippen molar-refractivity contribution in [1.29, 1.82) is 0 Å². The molecule has 0 radical (unpaired) electrons. The first-order valence-corrected chi connectivity index (χ1v) is 5.32. The van der Waals surface area contributed by atoms with Crippen molar-refractivity contribution in [2.45, 2.75) is 6.54 Å². The first kappa shape index (κ1) is 12.6. The second kappa shape index (κ2) is 5.17. The van der Waals surface area contributed by atoms with Crippen LogP contribution in [0.25, 0.3) is 0 Å². The molecule has 0 bridgehead atoms. The molecule has 0 saturated carbocycles. The van der Waals surface area contributed by atoms with E-state index >= 15 is 0 Å². The number of nitrogens with zero attached hydrogens (tertiary/aromatic N) is 2. The fourth-order valence-corrected chi connectivity index (χ4v) is 1.52.